The monoisotopic (exact) mass is 438 g/mol. The van der Waals surface area contributed by atoms with E-state index < -0.39 is 0 Å². The van der Waals surface area contributed by atoms with Crippen LogP contribution in [0.5, 0.6) is 0 Å². The number of aryl methyl sites for hydroxylation is 1. The fourth-order valence-electron chi connectivity index (χ4n) is 4.40. The lowest BCUT2D eigenvalue weighted by Crippen LogP contribution is -2.50. The average Bonchev–Trinajstić information content (AvgIpc) is 3.50. The molecule has 4 aromatic rings. The third-order valence-electron chi connectivity index (χ3n) is 6.10. The van der Waals surface area contributed by atoms with Crippen molar-refractivity contribution >= 4 is 22.6 Å². The predicted molar refractivity (Wildman–Crippen MR) is 123 cm³/mol. The van der Waals surface area contributed by atoms with E-state index >= 15 is 0 Å². The third kappa shape index (κ3) is 3.56. The van der Waals surface area contributed by atoms with E-state index in [1.807, 2.05) is 54.6 Å². The highest BCUT2D eigenvalue weighted by Gasteiger charge is 2.31. The number of hydrogen-bond donors (Lipinski definition) is 0. The van der Waals surface area contributed by atoms with Crippen LogP contribution >= 0.6 is 0 Å². The molecular formula is C26H22N4O3. The first-order valence-electron chi connectivity index (χ1n) is 10.8. The molecule has 0 saturated carbocycles. The van der Waals surface area contributed by atoms with Gasteiger partial charge in [-0.2, -0.15) is 5.26 Å². The number of piperazine rings is 1. The number of rotatable bonds is 3. The van der Waals surface area contributed by atoms with E-state index in [0.717, 1.165) is 10.8 Å². The Morgan fingerprint density at radius 3 is 2.21 bits per heavy atom. The Morgan fingerprint density at radius 2 is 1.52 bits per heavy atom. The molecule has 7 nitrogen and oxygen atoms in total. The molecule has 1 aliphatic rings. The van der Waals surface area contributed by atoms with Crippen molar-refractivity contribution in [3.63, 3.8) is 0 Å². The molecule has 33 heavy (non-hydrogen) atoms. The Kier molecular flexibility index (Phi) is 5.19. The van der Waals surface area contributed by atoms with Gasteiger partial charge in [0, 0.05) is 44.1 Å². The minimum absolute atomic E-state index is 0.0361. The van der Waals surface area contributed by atoms with Gasteiger partial charge in [-0.3, -0.25) is 14.2 Å². The SMILES string of the molecule is Cc1oc(-n2cccc2)c(C#N)c1C(=O)N1CCN(C(=O)c2cccc3ccccc23)CC1. The highest BCUT2D eigenvalue weighted by Crippen LogP contribution is 2.27. The molecular weight excluding hydrogens is 416 g/mol. The molecule has 164 valence electrons. The van der Waals surface area contributed by atoms with Crippen LogP contribution in [0.25, 0.3) is 16.7 Å². The summed E-state index contributed by atoms with van der Waals surface area (Å²) in [5.74, 6) is 0.470. The zero-order chi connectivity index (χ0) is 22.9. The highest BCUT2D eigenvalue weighted by atomic mass is 16.4. The number of fused-ring (bicyclic) bond motifs is 1. The lowest BCUT2D eigenvalue weighted by molar-refractivity contribution is 0.0535. The summed E-state index contributed by atoms with van der Waals surface area (Å²) in [6.07, 6.45) is 3.54. The van der Waals surface area contributed by atoms with E-state index in [9.17, 15) is 14.9 Å². The van der Waals surface area contributed by atoms with E-state index in [-0.39, 0.29) is 22.9 Å². The maximum atomic E-state index is 13.3. The van der Waals surface area contributed by atoms with Crippen molar-refractivity contribution in [2.24, 2.45) is 0 Å². The molecule has 2 aromatic heterocycles. The molecule has 1 saturated heterocycles. The summed E-state index contributed by atoms with van der Waals surface area (Å²) in [6.45, 7) is 3.34. The Labute approximate surface area is 191 Å². The predicted octanol–water partition coefficient (Wildman–Crippen LogP) is 4.00. The summed E-state index contributed by atoms with van der Waals surface area (Å²) in [6, 6.07) is 19.3. The van der Waals surface area contributed by atoms with E-state index in [1.54, 1.807) is 33.7 Å². The number of benzene rings is 2. The van der Waals surface area contributed by atoms with Gasteiger partial charge in [-0.15, -0.1) is 0 Å². The first kappa shape index (κ1) is 20.6. The van der Waals surface area contributed by atoms with Crippen LogP contribution in [0.4, 0.5) is 0 Å². The molecule has 0 atom stereocenters. The number of nitriles is 1. The van der Waals surface area contributed by atoms with Crippen molar-refractivity contribution in [3.05, 3.63) is 89.4 Å². The van der Waals surface area contributed by atoms with Crippen molar-refractivity contribution in [1.82, 2.24) is 14.4 Å². The van der Waals surface area contributed by atoms with Crippen molar-refractivity contribution in [2.45, 2.75) is 6.92 Å². The number of carbonyl (C=O) groups is 2. The molecule has 3 heterocycles. The zero-order valence-corrected chi connectivity index (χ0v) is 18.2. The van der Waals surface area contributed by atoms with Crippen molar-refractivity contribution in [2.75, 3.05) is 26.2 Å². The fourth-order valence-corrected chi connectivity index (χ4v) is 4.40. The van der Waals surface area contributed by atoms with E-state index in [2.05, 4.69) is 6.07 Å². The average molecular weight is 438 g/mol. The minimum atomic E-state index is -0.247. The van der Waals surface area contributed by atoms with Gasteiger partial charge < -0.3 is 14.2 Å². The maximum absolute atomic E-state index is 13.3. The van der Waals surface area contributed by atoms with E-state index in [0.29, 0.717) is 43.4 Å². The summed E-state index contributed by atoms with van der Waals surface area (Å²) in [5, 5.41) is 11.7. The number of furan rings is 1. The molecule has 5 rings (SSSR count). The maximum Gasteiger partial charge on any atom is 0.258 e. The van der Waals surface area contributed by atoms with Crippen LogP contribution < -0.4 is 0 Å². The first-order valence-corrected chi connectivity index (χ1v) is 10.8. The second-order valence-corrected chi connectivity index (χ2v) is 8.03. The third-order valence-corrected chi connectivity index (χ3v) is 6.10. The minimum Gasteiger partial charge on any atom is -0.443 e. The summed E-state index contributed by atoms with van der Waals surface area (Å²) < 4.78 is 7.46. The molecule has 1 fully saturated rings. The molecule has 0 unspecified atom stereocenters. The van der Waals surface area contributed by atoms with Gasteiger partial charge in [-0.25, -0.2) is 0 Å². The van der Waals surface area contributed by atoms with E-state index in [1.165, 1.54) is 0 Å². The van der Waals surface area contributed by atoms with Gasteiger partial charge in [-0.05, 0) is 35.9 Å². The number of nitrogens with zero attached hydrogens (tertiary/aromatic N) is 4. The quantitative estimate of drug-likeness (QED) is 0.484. The Hall–Kier alpha value is -4.31. The molecule has 0 radical (unpaired) electrons. The van der Waals surface area contributed by atoms with Gasteiger partial charge in [0.05, 0.1) is 0 Å². The summed E-state index contributed by atoms with van der Waals surface area (Å²) in [7, 11) is 0. The Bertz CT molecular complexity index is 1380. The molecule has 0 bridgehead atoms. The number of hydrogen-bond acceptors (Lipinski definition) is 4. The first-order chi connectivity index (χ1) is 16.1. The zero-order valence-electron chi connectivity index (χ0n) is 18.2. The van der Waals surface area contributed by atoms with Crippen LogP contribution in [0.15, 0.2) is 71.4 Å². The van der Waals surface area contributed by atoms with Gasteiger partial charge in [-0.1, -0.05) is 36.4 Å². The van der Waals surface area contributed by atoms with Gasteiger partial charge in [0.15, 0.2) is 0 Å². The van der Waals surface area contributed by atoms with Crippen molar-refractivity contribution < 1.29 is 14.0 Å². The fraction of sp³-hybridized carbons (Fsp3) is 0.192. The van der Waals surface area contributed by atoms with Gasteiger partial charge >= 0.3 is 0 Å². The Morgan fingerprint density at radius 1 is 0.879 bits per heavy atom. The van der Waals surface area contributed by atoms with Crippen molar-refractivity contribution in [1.29, 1.82) is 5.26 Å². The van der Waals surface area contributed by atoms with Crippen LogP contribution in [0, 0.1) is 18.3 Å². The normalized spacial score (nSPS) is 13.8. The van der Waals surface area contributed by atoms with Crippen molar-refractivity contribution in [3.8, 4) is 12.0 Å². The number of amides is 2. The second-order valence-electron chi connectivity index (χ2n) is 8.03. The largest absolute Gasteiger partial charge is 0.443 e. The summed E-state index contributed by atoms with van der Waals surface area (Å²) in [5.41, 5.74) is 1.18. The number of aromatic nitrogens is 1. The molecule has 0 spiro atoms. The number of carbonyl (C=O) groups excluding carboxylic acids is 2. The molecule has 1 aliphatic heterocycles. The van der Waals surface area contributed by atoms with Gasteiger partial charge in [0.1, 0.15) is 23.0 Å². The molecule has 0 N–H and O–H groups in total. The standard InChI is InChI=1S/C26H22N4O3/c1-18-23(22(17-27)26(33-18)30-11-4-5-12-30)25(32)29-15-13-28(14-16-29)24(31)21-10-6-8-19-7-2-3-9-20(19)21/h2-12H,13-16H2,1H3. The van der Waals surface area contributed by atoms with Crippen LogP contribution in [0.3, 0.4) is 0 Å². The Balaban J connectivity index is 1.34. The van der Waals surface area contributed by atoms with Crippen LogP contribution in [-0.4, -0.2) is 52.4 Å². The van der Waals surface area contributed by atoms with Crippen LogP contribution in [-0.2, 0) is 0 Å². The van der Waals surface area contributed by atoms with Crippen LogP contribution in [0.2, 0.25) is 0 Å². The smallest absolute Gasteiger partial charge is 0.258 e. The summed E-state index contributed by atoms with van der Waals surface area (Å²) >= 11 is 0. The lowest BCUT2D eigenvalue weighted by Gasteiger charge is -2.35. The molecule has 2 aromatic carbocycles. The van der Waals surface area contributed by atoms with Gasteiger partial charge in [0.2, 0.25) is 5.88 Å². The molecule has 7 heteroatoms. The lowest BCUT2D eigenvalue weighted by atomic mass is 10.0. The van der Waals surface area contributed by atoms with E-state index in [4.69, 9.17) is 4.42 Å². The topological polar surface area (TPSA) is 82.5 Å². The van der Waals surface area contributed by atoms with Crippen LogP contribution in [0.1, 0.15) is 32.0 Å². The molecule has 0 aliphatic carbocycles. The molecule has 2 amide bonds. The highest BCUT2D eigenvalue weighted by molar-refractivity contribution is 6.07. The second kappa shape index (κ2) is 8.32. The van der Waals surface area contributed by atoms with Gasteiger partial charge in [0.25, 0.3) is 11.8 Å². The summed E-state index contributed by atoms with van der Waals surface area (Å²) in [4.78, 5) is 30.0.